The van der Waals surface area contributed by atoms with E-state index in [0.717, 1.165) is 22.6 Å². The van der Waals surface area contributed by atoms with E-state index in [-0.39, 0.29) is 6.71 Å². The number of para-hydroxylation sites is 2. The summed E-state index contributed by atoms with van der Waals surface area (Å²) in [4.78, 5) is 0. The van der Waals surface area contributed by atoms with E-state index in [1.165, 1.54) is 133 Å². The zero-order valence-electron chi connectivity index (χ0n) is 36.7. The average Bonchev–Trinajstić information content (AvgIpc) is 3.83. The van der Waals surface area contributed by atoms with Crippen molar-refractivity contribution in [2.75, 3.05) is 0 Å². The fourth-order valence-electron chi connectivity index (χ4n) is 11.4. The number of hydrogen-bond donors (Lipinski definition) is 0. The van der Waals surface area contributed by atoms with Gasteiger partial charge in [-0.2, -0.15) is 0 Å². The molecule has 0 amide bonds. The van der Waals surface area contributed by atoms with Gasteiger partial charge < -0.3 is 4.74 Å². The Morgan fingerprint density at radius 3 is 1.57 bits per heavy atom. The van der Waals surface area contributed by atoms with E-state index in [0.29, 0.717) is 0 Å². The maximum absolute atomic E-state index is 7.65. The number of fused-ring (bicyclic) bond motifs is 12. The van der Waals surface area contributed by atoms with Gasteiger partial charge in [-0.3, -0.25) is 13.5 Å². The van der Waals surface area contributed by atoms with E-state index in [4.69, 9.17) is 4.74 Å². The second kappa shape index (κ2) is 12.4. The van der Waals surface area contributed by atoms with Crippen LogP contribution in [0.2, 0.25) is 0 Å². The Morgan fingerprint density at radius 2 is 0.951 bits per heavy atom. The largest absolute Gasteiger partial charge is 0.457 e. The van der Waals surface area contributed by atoms with Gasteiger partial charge in [-0.15, -0.1) is 0 Å². The first-order valence-corrected chi connectivity index (χ1v) is 21.7. The molecule has 296 valence electrons. The number of benzene rings is 7. The highest BCUT2D eigenvalue weighted by molar-refractivity contribution is 7.00. The van der Waals surface area contributed by atoms with Crippen molar-refractivity contribution in [1.82, 2.24) is 13.5 Å². The molecule has 0 radical (unpaired) electrons. The summed E-state index contributed by atoms with van der Waals surface area (Å²) in [5.74, 6) is 1.92. The smallest absolute Gasteiger partial charge is 0.259 e. The third-order valence-electron chi connectivity index (χ3n) is 14.5. The summed E-state index contributed by atoms with van der Waals surface area (Å²) in [7, 11) is 0. The first-order chi connectivity index (χ1) is 29.4. The summed E-state index contributed by atoms with van der Waals surface area (Å²) in [5.41, 5.74) is 29.8. The normalized spacial score (nSPS) is 12.9. The van der Waals surface area contributed by atoms with Gasteiger partial charge in [0.15, 0.2) is 0 Å². The van der Waals surface area contributed by atoms with Crippen LogP contribution in [-0.2, 0) is 0 Å². The molecule has 0 fully saturated rings. The van der Waals surface area contributed by atoms with Crippen LogP contribution in [-0.4, -0.2) is 20.2 Å². The molecule has 0 saturated heterocycles. The molecule has 3 aromatic heterocycles. The summed E-state index contributed by atoms with van der Waals surface area (Å²) in [6.45, 7) is 22.4. The third-order valence-corrected chi connectivity index (χ3v) is 14.5. The van der Waals surface area contributed by atoms with Gasteiger partial charge in [0, 0.05) is 22.2 Å². The van der Waals surface area contributed by atoms with Crippen molar-refractivity contribution >= 4 is 61.7 Å². The number of imidazole rings is 1. The zero-order chi connectivity index (χ0) is 41.9. The minimum absolute atomic E-state index is 0.0766. The van der Waals surface area contributed by atoms with E-state index < -0.39 is 0 Å². The van der Waals surface area contributed by atoms with E-state index in [1.54, 1.807) is 0 Å². The molecule has 5 heterocycles. The Bertz CT molecular complexity index is 3570. The molecule has 0 bridgehead atoms. The van der Waals surface area contributed by atoms with Gasteiger partial charge in [-0.1, -0.05) is 78.9 Å². The van der Waals surface area contributed by atoms with Crippen molar-refractivity contribution in [2.45, 2.75) is 69.2 Å². The van der Waals surface area contributed by atoms with E-state index in [1.807, 2.05) is 0 Å². The van der Waals surface area contributed by atoms with Gasteiger partial charge in [-0.25, -0.2) is 0 Å². The summed E-state index contributed by atoms with van der Waals surface area (Å²) in [6.07, 6.45) is 0. The molecule has 0 atom stereocenters. The molecule has 0 aliphatic carbocycles. The molecule has 2 aliphatic heterocycles. The Balaban J connectivity index is 1.34. The van der Waals surface area contributed by atoms with Crippen molar-refractivity contribution < 1.29 is 4.74 Å². The quantitative estimate of drug-likeness (QED) is 0.164. The van der Waals surface area contributed by atoms with Gasteiger partial charge in [-0.05, 0) is 188 Å². The molecule has 2 aliphatic rings. The Hall–Kier alpha value is -6.72. The van der Waals surface area contributed by atoms with Crippen molar-refractivity contribution in [3.63, 3.8) is 0 Å². The van der Waals surface area contributed by atoms with Crippen LogP contribution in [0.15, 0.2) is 109 Å². The second-order valence-corrected chi connectivity index (χ2v) is 18.2. The van der Waals surface area contributed by atoms with Crippen LogP contribution in [0.4, 0.5) is 0 Å². The lowest BCUT2D eigenvalue weighted by Crippen LogP contribution is -2.58. The Kier molecular flexibility index (Phi) is 7.36. The topological polar surface area (TPSA) is 23.5 Å². The highest BCUT2D eigenvalue weighted by atomic mass is 16.5. The van der Waals surface area contributed by atoms with E-state index in [2.05, 4.69) is 192 Å². The van der Waals surface area contributed by atoms with Crippen molar-refractivity contribution in [2.24, 2.45) is 0 Å². The molecule has 4 nitrogen and oxygen atoms in total. The summed E-state index contributed by atoms with van der Waals surface area (Å²) >= 11 is 0. The highest BCUT2D eigenvalue weighted by Crippen LogP contribution is 2.48. The molecule has 5 heteroatoms. The first-order valence-electron chi connectivity index (χ1n) is 21.7. The predicted octanol–water partition coefficient (Wildman–Crippen LogP) is 12.3. The summed E-state index contributed by atoms with van der Waals surface area (Å²) in [6, 6.07) is 41.3. The number of nitrogens with zero attached hydrogens (tertiary/aromatic N) is 3. The van der Waals surface area contributed by atoms with Crippen LogP contribution < -0.4 is 21.1 Å². The fourth-order valence-corrected chi connectivity index (χ4v) is 11.4. The molecule has 0 spiro atoms. The van der Waals surface area contributed by atoms with Gasteiger partial charge >= 0.3 is 0 Å². The number of aryl methyl sites for hydroxylation is 10. The third kappa shape index (κ3) is 4.61. The van der Waals surface area contributed by atoms with Gasteiger partial charge in [0.2, 0.25) is 0 Å². The lowest BCUT2D eigenvalue weighted by Gasteiger charge is -2.35. The molecule has 0 unspecified atom stereocenters. The molecule has 0 N–H and O–H groups in total. The first kappa shape index (κ1) is 36.2. The average molecular weight is 790 g/mol. The van der Waals surface area contributed by atoms with Crippen LogP contribution in [0.5, 0.6) is 11.5 Å². The summed E-state index contributed by atoms with van der Waals surface area (Å²) < 4.78 is 15.5. The minimum atomic E-state index is -0.0766. The van der Waals surface area contributed by atoms with Crippen LogP contribution in [0.25, 0.3) is 72.2 Å². The molecule has 61 heavy (non-hydrogen) atoms. The van der Waals surface area contributed by atoms with Gasteiger partial charge in [0.1, 0.15) is 22.8 Å². The number of aromatic nitrogens is 3. The van der Waals surface area contributed by atoms with Crippen LogP contribution in [0, 0.1) is 69.2 Å². The Labute approximate surface area is 357 Å². The lowest BCUT2D eigenvalue weighted by atomic mass is 9.34. The molecule has 7 aromatic carbocycles. The molecular weight excluding hydrogens is 741 g/mol. The zero-order valence-corrected chi connectivity index (χ0v) is 36.7. The molecule has 12 rings (SSSR count). The predicted molar refractivity (Wildman–Crippen MR) is 258 cm³/mol. The molecular formula is C56H48BN3O. The van der Waals surface area contributed by atoms with Crippen molar-refractivity contribution in [3.8, 4) is 45.1 Å². The lowest BCUT2D eigenvalue weighted by molar-refractivity contribution is 0.490. The number of ether oxygens (including phenoxy) is 1. The highest BCUT2D eigenvalue weighted by Gasteiger charge is 2.45. The maximum Gasteiger partial charge on any atom is 0.259 e. The Morgan fingerprint density at radius 1 is 0.426 bits per heavy atom. The van der Waals surface area contributed by atoms with Crippen LogP contribution >= 0.6 is 0 Å². The van der Waals surface area contributed by atoms with Crippen LogP contribution in [0.1, 0.15) is 55.6 Å². The van der Waals surface area contributed by atoms with Crippen molar-refractivity contribution in [3.05, 3.63) is 165 Å². The number of rotatable bonds is 3. The van der Waals surface area contributed by atoms with E-state index in [9.17, 15) is 0 Å². The maximum atomic E-state index is 7.65. The van der Waals surface area contributed by atoms with E-state index >= 15 is 0 Å². The van der Waals surface area contributed by atoms with Crippen molar-refractivity contribution in [1.29, 1.82) is 0 Å². The fraction of sp³-hybridized carbons (Fsp3) is 0.179. The monoisotopic (exact) mass is 789 g/mol. The molecule has 10 aromatic rings. The summed E-state index contributed by atoms with van der Waals surface area (Å²) in [5, 5.41) is 2.55. The minimum Gasteiger partial charge on any atom is -0.457 e. The standard InChI is InChI=1S/C56H48BN3O/c1-29-15-11-16-30(2)47(29)39-21-14-22-43-53(39)61-54-40(48-31(3)17-12-18-32(48)4)23-24-44-50(54)57(43)49-41-25-35(7)37(9)27-45(41)60-55(49)58(44)52-42-26-36(8)38(10)28-46(42)59(56(52)60)51-33(5)19-13-20-34(51)6/h11-28H,1-10H3. The second-order valence-electron chi connectivity index (χ2n) is 18.2. The van der Waals surface area contributed by atoms with Crippen LogP contribution in [0.3, 0.4) is 0 Å². The molecule has 0 saturated carbocycles. The SMILES string of the molecule is Cc1cc2c3c4n(c5c6cc(C)c(C)cc6n(-c6c(C)cccc6C)c5n4c2cc1C)-c1ccc(-c2c(C)cccc2C)c2c1B3c1cccc(-c3c(C)cccc3C)c1O2. The number of hydrogen-bond acceptors (Lipinski definition) is 1. The van der Waals surface area contributed by atoms with Gasteiger partial charge in [0.25, 0.3) is 6.71 Å². The van der Waals surface area contributed by atoms with Gasteiger partial charge in [0.05, 0.1) is 22.2 Å².